The van der Waals surface area contributed by atoms with Gasteiger partial charge < -0.3 is 9.80 Å². The first-order valence-corrected chi connectivity index (χ1v) is 21.9. The van der Waals surface area contributed by atoms with E-state index in [4.69, 9.17) is 0 Å². The molecule has 11 aromatic carbocycles. The molecule has 0 amide bonds. The molecule has 0 saturated carbocycles. The van der Waals surface area contributed by atoms with E-state index in [9.17, 15) is 0 Å². The van der Waals surface area contributed by atoms with Crippen molar-refractivity contribution in [1.82, 2.24) is 0 Å². The van der Waals surface area contributed by atoms with Crippen molar-refractivity contribution < 1.29 is 0 Å². The van der Waals surface area contributed by atoms with Gasteiger partial charge in [0.05, 0.1) is 0 Å². The Hall–Kier alpha value is -7.94. The summed E-state index contributed by atoms with van der Waals surface area (Å²) in [7, 11) is 0. The highest BCUT2D eigenvalue weighted by atomic mass is 15.1. The molecule has 2 nitrogen and oxygen atoms in total. The molecule has 298 valence electrons. The van der Waals surface area contributed by atoms with Gasteiger partial charge in [-0.3, -0.25) is 0 Å². The third-order valence-corrected chi connectivity index (χ3v) is 13.3. The molecule has 1 aliphatic carbocycles. The normalized spacial score (nSPS) is 12.7. The Morgan fingerprint density at radius 3 is 1.40 bits per heavy atom. The van der Waals surface area contributed by atoms with E-state index in [1.165, 1.54) is 76.5 Å². The minimum absolute atomic E-state index is 0.218. The summed E-state index contributed by atoms with van der Waals surface area (Å²) in [6.07, 6.45) is 0. The third-order valence-electron chi connectivity index (χ3n) is 13.3. The van der Waals surface area contributed by atoms with Gasteiger partial charge in [0.25, 0.3) is 0 Å². The van der Waals surface area contributed by atoms with Crippen LogP contribution in [0.2, 0.25) is 0 Å². The summed E-state index contributed by atoms with van der Waals surface area (Å²) in [4.78, 5) is 4.73. The van der Waals surface area contributed by atoms with Gasteiger partial charge in [0.2, 0.25) is 0 Å². The maximum absolute atomic E-state index is 2.44. The van der Waals surface area contributed by atoms with Crippen LogP contribution in [0.5, 0.6) is 0 Å². The molecule has 0 aliphatic heterocycles. The highest BCUT2D eigenvalue weighted by Crippen LogP contribution is 2.52. The highest BCUT2D eigenvalue weighted by Gasteiger charge is 2.34. The average molecular weight is 805 g/mol. The second-order valence-corrected chi connectivity index (χ2v) is 17.4. The summed E-state index contributed by atoms with van der Waals surface area (Å²) in [6.45, 7) is 4.80. The first kappa shape index (κ1) is 36.9. The van der Waals surface area contributed by atoms with Gasteiger partial charge in [-0.2, -0.15) is 0 Å². The molecule has 0 unspecified atom stereocenters. The fraction of sp³-hybridized carbons (Fsp3) is 0.0492. The lowest BCUT2D eigenvalue weighted by Crippen LogP contribution is -2.23. The van der Waals surface area contributed by atoms with Crippen LogP contribution >= 0.6 is 0 Å². The zero-order valence-electron chi connectivity index (χ0n) is 35.3. The van der Waals surface area contributed by atoms with Crippen LogP contribution in [0.1, 0.15) is 25.0 Å². The van der Waals surface area contributed by atoms with Crippen LogP contribution in [0.15, 0.2) is 231 Å². The largest absolute Gasteiger partial charge is 0.310 e. The van der Waals surface area contributed by atoms with Crippen LogP contribution in [0.25, 0.3) is 65.3 Å². The molecule has 0 fully saturated rings. The number of hydrogen-bond acceptors (Lipinski definition) is 2. The molecule has 1 aliphatic rings. The third kappa shape index (κ3) is 6.17. The van der Waals surface area contributed by atoms with Crippen molar-refractivity contribution in [3.63, 3.8) is 0 Å². The van der Waals surface area contributed by atoms with Gasteiger partial charge in [-0.1, -0.05) is 159 Å². The van der Waals surface area contributed by atoms with Crippen LogP contribution in [-0.4, -0.2) is 0 Å². The Morgan fingerprint density at radius 1 is 0.286 bits per heavy atom. The van der Waals surface area contributed by atoms with Crippen LogP contribution < -0.4 is 9.80 Å². The lowest BCUT2D eigenvalue weighted by atomic mass is 9.67. The number of hydrogen-bond donors (Lipinski definition) is 0. The molecular formula is C61H44N2. The van der Waals surface area contributed by atoms with E-state index in [1.807, 2.05) is 0 Å². The van der Waals surface area contributed by atoms with Crippen molar-refractivity contribution >= 4 is 77.2 Å². The van der Waals surface area contributed by atoms with Crippen molar-refractivity contribution in [2.75, 3.05) is 9.80 Å². The zero-order chi connectivity index (χ0) is 42.1. The Kier molecular flexibility index (Phi) is 8.55. The minimum Gasteiger partial charge on any atom is -0.310 e. The summed E-state index contributed by atoms with van der Waals surface area (Å²) in [5.41, 5.74) is 14.3. The smallest absolute Gasteiger partial charge is 0.0468 e. The lowest BCUT2D eigenvalue weighted by molar-refractivity contribution is 0.645. The van der Waals surface area contributed by atoms with Crippen LogP contribution in [0, 0.1) is 0 Å². The van der Waals surface area contributed by atoms with Crippen molar-refractivity contribution in [2.45, 2.75) is 19.3 Å². The van der Waals surface area contributed by atoms with Gasteiger partial charge >= 0.3 is 0 Å². The van der Waals surface area contributed by atoms with Gasteiger partial charge in [-0.15, -0.1) is 0 Å². The predicted octanol–water partition coefficient (Wildman–Crippen LogP) is 17.2. The van der Waals surface area contributed by atoms with Crippen molar-refractivity contribution in [3.8, 4) is 22.3 Å². The Morgan fingerprint density at radius 2 is 0.778 bits per heavy atom. The minimum atomic E-state index is -0.218. The van der Waals surface area contributed by atoms with E-state index in [0.29, 0.717) is 0 Å². The quantitative estimate of drug-likeness (QED) is 0.148. The van der Waals surface area contributed by atoms with Gasteiger partial charge in [0.1, 0.15) is 0 Å². The van der Waals surface area contributed by atoms with E-state index in [0.717, 1.165) is 34.1 Å². The Bertz CT molecular complexity index is 3530. The average Bonchev–Trinajstić information content (AvgIpc) is 3.34. The van der Waals surface area contributed by atoms with Crippen LogP contribution in [-0.2, 0) is 5.41 Å². The van der Waals surface area contributed by atoms with Crippen LogP contribution in [0.3, 0.4) is 0 Å². The van der Waals surface area contributed by atoms with E-state index in [-0.39, 0.29) is 5.41 Å². The van der Waals surface area contributed by atoms with E-state index < -0.39 is 0 Å². The summed E-state index contributed by atoms with van der Waals surface area (Å²) in [5.74, 6) is 0. The summed E-state index contributed by atoms with van der Waals surface area (Å²) < 4.78 is 0. The SMILES string of the molecule is CC1(C)c2cc(-c3ccc(N(c4ccccc4)c4ccc5ccccc5c4)cc3)ccc2-c2cc3ccc(N(c4ccccc4)c4ccc5ccccc5c4)cc3c3cccc1c23. The molecule has 0 saturated heterocycles. The van der Waals surface area contributed by atoms with Gasteiger partial charge in [0.15, 0.2) is 0 Å². The Balaban J connectivity index is 0.945. The molecule has 63 heavy (non-hydrogen) atoms. The number of nitrogens with zero attached hydrogens (tertiary/aromatic N) is 2. The predicted molar refractivity (Wildman–Crippen MR) is 269 cm³/mol. The van der Waals surface area contributed by atoms with Crippen molar-refractivity contribution in [3.05, 3.63) is 242 Å². The molecule has 0 aromatic heterocycles. The maximum atomic E-state index is 2.44. The second-order valence-electron chi connectivity index (χ2n) is 17.4. The number of rotatable bonds is 7. The molecular weight excluding hydrogens is 761 g/mol. The maximum Gasteiger partial charge on any atom is 0.0468 e. The molecule has 0 radical (unpaired) electrons. The fourth-order valence-electron chi connectivity index (χ4n) is 10.2. The summed E-state index contributed by atoms with van der Waals surface area (Å²) in [5, 5.41) is 10.1. The zero-order valence-corrected chi connectivity index (χ0v) is 35.3. The summed E-state index contributed by atoms with van der Waals surface area (Å²) >= 11 is 0. The molecule has 11 aromatic rings. The molecule has 0 bridgehead atoms. The molecule has 2 heteroatoms. The highest BCUT2D eigenvalue weighted by molar-refractivity contribution is 6.17. The number of fused-ring (bicyclic) bond motifs is 6. The van der Waals surface area contributed by atoms with E-state index >= 15 is 0 Å². The molecule has 0 spiro atoms. The Labute approximate surface area is 368 Å². The second kappa shape index (κ2) is 14.6. The summed E-state index contributed by atoms with van der Waals surface area (Å²) in [6, 6.07) is 84.6. The molecule has 0 heterocycles. The fourth-order valence-corrected chi connectivity index (χ4v) is 10.2. The first-order chi connectivity index (χ1) is 31.0. The number of benzene rings is 11. The molecule has 0 N–H and O–H groups in total. The standard InChI is InChI=1S/C61H44N2/c1-61(2)58-23-13-22-55-56-40-53(63(49-20-7-4-8-21-49)52-33-27-42-15-10-12-17-45(42)37-52)34-28-47(56)38-57(60(55)58)54-35-29-46(39-59(54)61)43-24-30-50(31-25-43)62(48-18-5-3-6-19-48)51-32-26-41-14-9-11-16-44(41)36-51/h3-40H,1-2H3. The number of para-hydroxylation sites is 2. The molecule has 12 rings (SSSR count). The lowest BCUT2D eigenvalue weighted by Gasteiger charge is -2.36. The van der Waals surface area contributed by atoms with Crippen LogP contribution in [0.4, 0.5) is 34.1 Å². The van der Waals surface area contributed by atoms with Gasteiger partial charge in [0, 0.05) is 39.5 Å². The van der Waals surface area contributed by atoms with Crippen molar-refractivity contribution in [2.24, 2.45) is 0 Å². The monoisotopic (exact) mass is 804 g/mol. The topological polar surface area (TPSA) is 6.48 Å². The van der Waals surface area contributed by atoms with E-state index in [1.54, 1.807) is 0 Å². The van der Waals surface area contributed by atoms with Gasteiger partial charge in [-0.25, -0.2) is 0 Å². The molecule has 0 atom stereocenters. The van der Waals surface area contributed by atoms with Crippen molar-refractivity contribution in [1.29, 1.82) is 0 Å². The van der Waals surface area contributed by atoms with E-state index in [2.05, 4.69) is 254 Å². The number of anilines is 6. The first-order valence-electron chi connectivity index (χ1n) is 21.9. The van der Waals surface area contributed by atoms with Gasteiger partial charge in [-0.05, 0) is 161 Å².